The number of amides is 3. The summed E-state index contributed by atoms with van der Waals surface area (Å²) in [6, 6.07) is 14.6. The van der Waals surface area contributed by atoms with E-state index in [4.69, 9.17) is 4.74 Å². The fraction of sp³-hybridized carbons (Fsp3) is 0.391. The molecule has 30 heavy (non-hydrogen) atoms. The molecular formula is C23H30N4O3. The quantitative estimate of drug-likeness (QED) is 0.734. The molecule has 1 atom stereocenters. The molecule has 0 spiro atoms. The van der Waals surface area contributed by atoms with Crippen LogP contribution in [0.2, 0.25) is 0 Å². The van der Waals surface area contributed by atoms with E-state index < -0.39 is 0 Å². The first kappa shape index (κ1) is 21.6. The summed E-state index contributed by atoms with van der Waals surface area (Å²) in [5, 5.41) is 5.75. The van der Waals surface area contributed by atoms with E-state index in [-0.39, 0.29) is 18.0 Å². The van der Waals surface area contributed by atoms with Gasteiger partial charge in [0.25, 0.3) is 5.91 Å². The Morgan fingerprint density at radius 2 is 1.80 bits per heavy atom. The van der Waals surface area contributed by atoms with Crippen molar-refractivity contribution in [2.45, 2.75) is 18.9 Å². The molecule has 1 aliphatic heterocycles. The number of methoxy groups -OCH3 is 1. The van der Waals surface area contributed by atoms with Gasteiger partial charge in [-0.2, -0.15) is 0 Å². The summed E-state index contributed by atoms with van der Waals surface area (Å²) in [5.74, 6) is 0.836. The van der Waals surface area contributed by atoms with Crippen molar-refractivity contribution in [3.63, 3.8) is 0 Å². The Morgan fingerprint density at radius 3 is 2.43 bits per heavy atom. The number of hydrogen-bond donors (Lipinski definition) is 2. The second-order valence-corrected chi connectivity index (χ2v) is 7.67. The molecule has 3 rings (SSSR count). The summed E-state index contributed by atoms with van der Waals surface area (Å²) in [6.07, 6.45) is 2.13. The van der Waals surface area contributed by atoms with Crippen LogP contribution in [-0.2, 0) is 0 Å². The summed E-state index contributed by atoms with van der Waals surface area (Å²) in [7, 11) is 5.58. The molecule has 1 saturated heterocycles. The zero-order chi connectivity index (χ0) is 21.5. The summed E-state index contributed by atoms with van der Waals surface area (Å²) in [6.45, 7) is 2.08. The molecule has 2 aromatic carbocycles. The van der Waals surface area contributed by atoms with Gasteiger partial charge in [-0.3, -0.25) is 4.79 Å². The van der Waals surface area contributed by atoms with Crippen LogP contribution in [0.5, 0.6) is 5.75 Å². The molecule has 1 aliphatic rings. The lowest BCUT2D eigenvalue weighted by Crippen LogP contribution is -2.36. The predicted octanol–water partition coefficient (Wildman–Crippen LogP) is 3.36. The van der Waals surface area contributed by atoms with Gasteiger partial charge in [0.05, 0.1) is 13.2 Å². The van der Waals surface area contributed by atoms with Gasteiger partial charge in [0.1, 0.15) is 5.75 Å². The first-order valence-corrected chi connectivity index (χ1v) is 10.2. The van der Waals surface area contributed by atoms with Crippen LogP contribution in [0, 0.1) is 0 Å². The molecular weight excluding hydrogens is 380 g/mol. The SMILES string of the molecule is COc1cccc(C(CNC(=O)Nc2ccc(C(=O)N3CCCC3)cc2)N(C)C)c1. The highest BCUT2D eigenvalue weighted by Crippen LogP contribution is 2.22. The minimum absolute atomic E-state index is 0.00584. The van der Waals surface area contributed by atoms with Crippen LogP contribution in [0.3, 0.4) is 0 Å². The number of hydrogen-bond acceptors (Lipinski definition) is 4. The Kier molecular flexibility index (Phi) is 7.30. The maximum atomic E-state index is 12.4. The van der Waals surface area contributed by atoms with Gasteiger partial charge in [-0.1, -0.05) is 12.1 Å². The van der Waals surface area contributed by atoms with Crippen LogP contribution in [-0.4, -0.2) is 62.6 Å². The van der Waals surface area contributed by atoms with Gasteiger partial charge in [-0.05, 0) is 68.9 Å². The van der Waals surface area contributed by atoms with Crippen molar-refractivity contribution in [2.75, 3.05) is 46.2 Å². The molecule has 7 nitrogen and oxygen atoms in total. The molecule has 1 heterocycles. The van der Waals surface area contributed by atoms with Gasteiger partial charge >= 0.3 is 6.03 Å². The van der Waals surface area contributed by atoms with E-state index in [2.05, 4.69) is 10.6 Å². The molecule has 0 radical (unpaired) electrons. The summed E-state index contributed by atoms with van der Waals surface area (Å²) < 4.78 is 5.30. The standard InChI is InChI=1S/C23H30N4O3/c1-26(2)21(18-7-6-8-20(15-18)30-3)16-24-23(29)25-19-11-9-17(10-12-19)22(28)27-13-4-5-14-27/h6-12,15,21H,4-5,13-14,16H2,1-3H3,(H2,24,25,29). The number of urea groups is 1. The van der Waals surface area contributed by atoms with Gasteiger partial charge in [0, 0.05) is 30.9 Å². The van der Waals surface area contributed by atoms with E-state index >= 15 is 0 Å². The van der Waals surface area contributed by atoms with E-state index in [9.17, 15) is 9.59 Å². The van der Waals surface area contributed by atoms with E-state index in [1.165, 1.54) is 0 Å². The first-order valence-electron chi connectivity index (χ1n) is 10.2. The molecule has 0 aliphatic carbocycles. The number of anilines is 1. The zero-order valence-electron chi connectivity index (χ0n) is 17.9. The number of carbonyl (C=O) groups is 2. The molecule has 160 valence electrons. The number of rotatable bonds is 7. The third kappa shape index (κ3) is 5.51. The van der Waals surface area contributed by atoms with Crippen LogP contribution in [0.1, 0.15) is 34.8 Å². The predicted molar refractivity (Wildman–Crippen MR) is 118 cm³/mol. The van der Waals surface area contributed by atoms with Crippen molar-refractivity contribution in [3.8, 4) is 5.75 Å². The van der Waals surface area contributed by atoms with Crippen molar-refractivity contribution in [1.29, 1.82) is 0 Å². The van der Waals surface area contributed by atoms with Crippen molar-refractivity contribution >= 4 is 17.6 Å². The number of ether oxygens (including phenoxy) is 1. The average Bonchev–Trinajstić information content (AvgIpc) is 3.29. The molecule has 0 saturated carbocycles. The first-order chi connectivity index (χ1) is 14.5. The van der Waals surface area contributed by atoms with Crippen molar-refractivity contribution < 1.29 is 14.3 Å². The number of likely N-dealkylation sites (N-methyl/N-ethyl adjacent to an activating group) is 1. The largest absolute Gasteiger partial charge is 0.497 e. The van der Waals surface area contributed by atoms with E-state index in [1.54, 1.807) is 31.4 Å². The molecule has 1 fully saturated rings. The number of nitrogens with zero attached hydrogens (tertiary/aromatic N) is 2. The molecule has 3 amide bonds. The van der Waals surface area contributed by atoms with Crippen LogP contribution < -0.4 is 15.4 Å². The Hall–Kier alpha value is -3.06. The average molecular weight is 411 g/mol. The van der Waals surface area contributed by atoms with Crippen LogP contribution >= 0.6 is 0 Å². The highest BCUT2D eigenvalue weighted by molar-refractivity contribution is 5.95. The van der Waals surface area contributed by atoms with Gasteiger partial charge in [0.15, 0.2) is 0 Å². The number of benzene rings is 2. The third-order valence-electron chi connectivity index (χ3n) is 5.34. The summed E-state index contributed by atoms with van der Waals surface area (Å²) in [4.78, 5) is 28.7. The van der Waals surface area contributed by atoms with Gasteiger partial charge in [-0.25, -0.2) is 4.79 Å². The van der Waals surface area contributed by atoms with Crippen molar-refractivity contribution in [1.82, 2.24) is 15.1 Å². The zero-order valence-corrected chi connectivity index (χ0v) is 17.9. The number of carbonyl (C=O) groups excluding carboxylic acids is 2. The minimum atomic E-state index is -0.289. The van der Waals surface area contributed by atoms with Gasteiger partial charge in [0.2, 0.25) is 0 Å². The molecule has 1 unspecified atom stereocenters. The van der Waals surface area contributed by atoms with Crippen LogP contribution in [0.25, 0.3) is 0 Å². The van der Waals surface area contributed by atoms with Crippen LogP contribution in [0.4, 0.5) is 10.5 Å². The fourth-order valence-corrected chi connectivity index (χ4v) is 3.61. The molecule has 2 N–H and O–H groups in total. The second-order valence-electron chi connectivity index (χ2n) is 7.67. The fourth-order valence-electron chi connectivity index (χ4n) is 3.61. The number of likely N-dealkylation sites (tertiary alicyclic amines) is 1. The molecule has 2 aromatic rings. The Morgan fingerprint density at radius 1 is 1.10 bits per heavy atom. The maximum absolute atomic E-state index is 12.4. The topological polar surface area (TPSA) is 73.9 Å². The maximum Gasteiger partial charge on any atom is 0.319 e. The number of nitrogens with one attached hydrogen (secondary N) is 2. The normalized spacial score (nSPS) is 14.5. The van der Waals surface area contributed by atoms with Crippen molar-refractivity contribution in [3.05, 3.63) is 59.7 Å². The van der Waals surface area contributed by atoms with Gasteiger partial charge < -0.3 is 25.2 Å². The summed E-state index contributed by atoms with van der Waals surface area (Å²) in [5.41, 5.74) is 2.35. The highest BCUT2D eigenvalue weighted by Gasteiger charge is 2.19. The lowest BCUT2D eigenvalue weighted by atomic mass is 10.1. The third-order valence-corrected chi connectivity index (χ3v) is 5.34. The summed E-state index contributed by atoms with van der Waals surface area (Å²) >= 11 is 0. The minimum Gasteiger partial charge on any atom is -0.497 e. The Balaban J connectivity index is 1.55. The Bertz CT molecular complexity index is 861. The lowest BCUT2D eigenvalue weighted by molar-refractivity contribution is 0.0793. The van der Waals surface area contributed by atoms with Crippen molar-refractivity contribution in [2.24, 2.45) is 0 Å². The smallest absolute Gasteiger partial charge is 0.319 e. The molecule has 0 aromatic heterocycles. The molecule has 0 bridgehead atoms. The Labute approximate surface area is 178 Å². The van der Waals surface area contributed by atoms with E-state index in [1.807, 2.05) is 48.2 Å². The highest BCUT2D eigenvalue weighted by atomic mass is 16.5. The second kappa shape index (κ2) is 10.1. The monoisotopic (exact) mass is 410 g/mol. The molecule has 7 heteroatoms. The van der Waals surface area contributed by atoms with Crippen LogP contribution in [0.15, 0.2) is 48.5 Å². The van der Waals surface area contributed by atoms with E-state index in [0.29, 0.717) is 17.8 Å². The lowest BCUT2D eigenvalue weighted by Gasteiger charge is -2.25. The van der Waals surface area contributed by atoms with E-state index in [0.717, 1.165) is 37.2 Å². The van der Waals surface area contributed by atoms with Gasteiger partial charge in [-0.15, -0.1) is 0 Å².